The molecule has 7 heteroatoms. The van der Waals surface area contributed by atoms with Crippen LogP contribution in [0.5, 0.6) is 0 Å². The van der Waals surface area contributed by atoms with E-state index >= 15 is 0 Å². The van der Waals surface area contributed by atoms with Crippen molar-refractivity contribution in [2.75, 3.05) is 58.6 Å². The average Bonchev–Trinajstić information content (AvgIpc) is 2.31. The molecule has 0 aromatic heterocycles. The molecule has 5 nitrogen and oxygen atoms in total. The van der Waals surface area contributed by atoms with Crippen molar-refractivity contribution >= 4 is 10.0 Å². The second-order valence-electron chi connectivity index (χ2n) is 4.95. The van der Waals surface area contributed by atoms with Gasteiger partial charge < -0.3 is 16.9 Å². The molecule has 3 fully saturated rings. The topological polar surface area (TPSA) is 49.4 Å². The Morgan fingerprint density at radius 3 is 2.18 bits per heavy atom. The maximum absolute atomic E-state index is 11.3. The number of piperazine rings is 3. The first kappa shape index (κ1) is 15.2. The second-order valence-corrected chi connectivity index (χ2v) is 7.00. The quantitative estimate of drug-likeness (QED) is 0.525. The molecule has 3 aliphatic heterocycles. The first-order chi connectivity index (χ1) is 7.55. The monoisotopic (exact) mass is 283 g/mol. The molecule has 102 valence electrons. The molecular weight excluding hydrogens is 262 g/mol. The fourth-order valence-corrected chi connectivity index (χ4v) is 3.47. The van der Waals surface area contributed by atoms with Gasteiger partial charge >= 0.3 is 0 Å². The van der Waals surface area contributed by atoms with Gasteiger partial charge in [-0.25, -0.2) is 13.1 Å². The van der Waals surface area contributed by atoms with Gasteiger partial charge in [0.25, 0.3) is 0 Å². The molecule has 0 aromatic carbocycles. The first-order valence-electron chi connectivity index (χ1n) is 6.04. The van der Waals surface area contributed by atoms with Gasteiger partial charge in [0.05, 0.1) is 31.9 Å². The smallest absolute Gasteiger partial charge is 0.211 e. The van der Waals surface area contributed by atoms with E-state index < -0.39 is 10.0 Å². The Morgan fingerprint density at radius 2 is 1.71 bits per heavy atom. The molecular formula is C10H22ClN3O2S. The fraction of sp³-hybridized carbons (Fsp3) is 1.00. The Balaban J connectivity index is 0.00000144. The van der Waals surface area contributed by atoms with Crippen LogP contribution >= 0.6 is 0 Å². The van der Waals surface area contributed by atoms with E-state index in [2.05, 4.69) is 9.62 Å². The molecule has 2 bridgehead atoms. The van der Waals surface area contributed by atoms with Gasteiger partial charge in [0.15, 0.2) is 0 Å². The van der Waals surface area contributed by atoms with E-state index in [4.69, 9.17) is 0 Å². The third-order valence-corrected chi connectivity index (χ3v) is 5.48. The zero-order valence-electron chi connectivity index (χ0n) is 10.4. The third kappa shape index (κ3) is 3.79. The van der Waals surface area contributed by atoms with Gasteiger partial charge in [-0.05, 0) is 7.05 Å². The van der Waals surface area contributed by atoms with Crippen molar-refractivity contribution < 1.29 is 25.3 Å². The average molecular weight is 284 g/mol. The van der Waals surface area contributed by atoms with E-state index in [-0.39, 0.29) is 18.2 Å². The number of hydrogen-bond acceptors (Lipinski definition) is 3. The van der Waals surface area contributed by atoms with Crippen LogP contribution in [-0.4, -0.2) is 76.4 Å². The summed E-state index contributed by atoms with van der Waals surface area (Å²) in [6.07, 6.45) is 0.781. The van der Waals surface area contributed by atoms with Crippen LogP contribution < -0.4 is 17.1 Å². The summed E-state index contributed by atoms with van der Waals surface area (Å²) in [7, 11) is -1.53. The van der Waals surface area contributed by atoms with Crippen LogP contribution in [0.2, 0.25) is 0 Å². The van der Waals surface area contributed by atoms with E-state index in [0.717, 1.165) is 17.4 Å². The fourth-order valence-electron chi connectivity index (χ4n) is 2.76. The zero-order chi connectivity index (χ0) is 11.6. The summed E-state index contributed by atoms with van der Waals surface area (Å²) in [6, 6.07) is 0. The number of nitrogens with zero attached hydrogens (tertiary/aromatic N) is 2. The van der Waals surface area contributed by atoms with E-state index in [1.54, 1.807) is 0 Å². The molecule has 0 atom stereocenters. The highest BCUT2D eigenvalue weighted by Crippen LogP contribution is 2.19. The van der Waals surface area contributed by atoms with Crippen LogP contribution in [0.4, 0.5) is 0 Å². The van der Waals surface area contributed by atoms with Gasteiger partial charge in [0.2, 0.25) is 10.0 Å². The van der Waals surface area contributed by atoms with Crippen molar-refractivity contribution in [2.45, 2.75) is 6.42 Å². The third-order valence-electron chi connectivity index (χ3n) is 4.03. The Labute approximate surface area is 110 Å². The Kier molecular flexibility index (Phi) is 5.21. The van der Waals surface area contributed by atoms with Crippen molar-refractivity contribution in [3.05, 3.63) is 0 Å². The molecule has 1 N–H and O–H groups in total. The first-order valence-corrected chi connectivity index (χ1v) is 7.69. The standard InChI is InChI=1S/C10H22N3O2S.ClH/c1-11-16(14,15)10-2-6-13-7-3-12(4-8-13)5-9-13;/h11H,2-10H2,1H3;1H/q+1;/p-1. The number of hydrogen-bond donors (Lipinski definition) is 1. The van der Waals surface area contributed by atoms with Crippen LogP contribution in [0.1, 0.15) is 6.42 Å². The van der Waals surface area contributed by atoms with Gasteiger partial charge in [-0.1, -0.05) is 0 Å². The molecule has 3 heterocycles. The van der Waals surface area contributed by atoms with Crippen LogP contribution in [0.25, 0.3) is 0 Å². The number of nitrogens with one attached hydrogen (secondary N) is 1. The Bertz CT molecular complexity index is 326. The summed E-state index contributed by atoms with van der Waals surface area (Å²) in [4.78, 5) is 2.50. The lowest BCUT2D eigenvalue weighted by Crippen LogP contribution is -3.00. The highest BCUT2D eigenvalue weighted by Gasteiger charge is 2.37. The predicted molar refractivity (Wildman–Crippen MR) is 63.6 cm³/mol. The van der Waals surface area contributed by atoms with Gasteiger partial charge in [-0.3, -0.25) is 4.90 Å². The van der Waals surface area contributed by atoms with Gasteiger partial charge in [-0.15, -0.1) is 0 Å². The summed E-state index contributed by atoms with van der Waals surface area (Å²) < 4.78 is 26.2. The molecule has 0 saturated carbocycles. The lowest BCUT2D eigenvalue weighted by molar-refractivity contribution is -0.940. The molecule has 0 radical (unpaired) electrons. The minimum atomic E-state index is -3.01. The van der Waals surface area contributed by atoms with Crippen molar-refractivity contribution in [1.29, 1.82) is 0 Å². The van der Waals surface area contributed by atoms with Crippen LogP contribution in [-0.2, 0) is 10.0 Å². The molecule has 0 amide bonds. The summed E-state index contributed by atoms with van der Waals surface area (Å²) in [6.45, 7) is 8.23. The summed E-state index contributed by atoms with van der Waals surface area (Å²) >= 11 is 0. The predicted octanol–water partition coefficient (Wildman–Crippen LogP) is -3.92. The zero-order valence-corrected chi connectivity index (χ0v) is 11.9. The molecule has 0 aliphatic carbocycles. The summed E-state index contributed by atoms with van der Waals surface area (Å²) in [5.41, 5.74) is 0. The maximum Gasteiger partial charge on any atom is 0.211 e. The van der Waals surface area contributed by atoms with E-state index in [1.807, 2.05) is 0 Å². The van der Waals surface area contributed by atoms with Gasteiger partial charge in [0.1, 0.15) is 0 Å². The van der Waals surface area contributed by atoms with Crippen molar-refractivity contribution in [3.63, 3.8) is 0 Å². The minimum absolute atomic E-state index is 0. The number of quaternary nitrogens is 1. The van der Waals surface area contributed by atoms with Crippen molar-refractivity contribution in [3.8, 4) is 0 Å². The number of sulfonamides is 1. The Hall–Kier alpha value is 0.120. The van der Waals surface area contributed by atoms with Crippen LogP contribution in [0.3, 0.4) is 0 Å². The molecule has 0 spiro atoms. The number of rotatable bonds is 5. The molecule has 0 unspecified atom stereocenters. The Morgan fingerprint density at radius 1 is 1.18 bits per heavy atom. The normalized spacial score (nSPS) is 32.2. The summed E-state index contributed by atoms with van der Waals surface area (Å²) in [5.74, 6) is 0.271. The highest BCUT2D eigenvalue weighted by molar-refractivity contribution is 7.89. The largest absolute Gasteiger partial charge is 1.00 e. The van der Waals surface area contributed by atoms with Crippen LogP contribution in [0, 0.1) is 0 Å². The van der Waals surface area contributed by atoms with Crippen molar-refractivity contribution in [1.82, 2.24) is 9.62 Å². The molecule has 0 aromatic rings. The van der Waals surface area contributed by atoms with E-state index in [9.17, 15) is 8.42 Å². The summed E-state index contributed by atoms with van der Waals surface area (Å²) in [5, 5.41) is 0. The molecule has 3 saturated heterocycles. The minimum Gasteiger partial charge on any atom is -1.00 e. The molecule has 3 rings (SSSR count). The second kappa shape index (κ2) is 5.84. The number of halogens is 1. The lowest BCUT2D eigenvalue weighted by Gasteiger charge is -2.50. The van der Waals surface area contributed by atoms with Crippen LogP contribution in [0.15, 0.2) is 0 Å². The number of fused-ring (bicyclic) bond motifs is 3. The van der Waals surface area contributed by atoms with Gasteiger partial charge in [0, 0.05) is 26.1 Å². The SMILES string of the molecule is CNS(=O)(=O)CCC[N+]12CCN(CC1)CC2.[Cl-]. The van der Waals surface area contributed by atoms with Gasteiger partial charge in [-0.2, -0.15) is 0 Å². The van der Waals surface area contributed by atoms with Crippen molar-refractivity contribution in [2.24, 2.45) is 0 Å². The van der Waals surface area contributed by atoms with E-state index in [0.29, 0.717) is 0 Å². The van der Waals surface area contributed by atoms with E-state index in [1.165, 1.54) is 46.3 Å². The molecule has 17 heavy (non-hydrogen) atoms. The lowest BCUT2D eigenvalue weighted by atomic mass is 10.1. The maximum atomic E-state index is 11.3. The molecule has 3 aliphatic rings. The highest BCUT2D eigenvalue weighted by atomic mass is 35.5.